The second-order valence-electron chi connectivity index (χ2n) is 7.96. The van der Waals surface area contributed by atoms with Crippen LogP contribution in [-0.2, 0) is 19.2 Å². The van der Waals surface area contributed by atoms with E-state index in [9.17, 15) is 24.6 Å². The normalized spacial score (nSPS) is 23.6. The fourth-order valence-corrected chi connectivity index (χ4v) is 7.33. The molecule has 2 fully saturated rings. The number of carbonyl (C=O) groups excluding carboxylic acids is 2. The molecular weight excluding hydrogens is 586 g/mol. The molecule has 2 aromatic heterocycles. The molecule has 2 aliphatic rings. The number of nitrogens with zero attached hydrogens (tertiary/aromatic N) is 6. The lowest BCUT2D eigenvalue weighted by Gasteiger charge is -2.55. The Hall–Kier alpha value is -2.71. The maximum absolute atomic E-state index is 13.0. The van der Waals surface area contributed by atoms with E-state index in [1.54, 1.807) is 0 Å². The number of fused-ring (bicyclic) bond motifs is 1. The quantitative estimate of drug-likeness (QED) is 0.0521. The highest BCUT2D eigenvalue weighted by Crippen LogP contribution is 2.48. The van der Waals surface area contributed by atoms with Gasteiger partial charge in [-0.25, -0.2) is 4.98 Å². The standard InChI is InChI=1S/C18H23N9O7S3.ClH/c19-16-20-8(5-35-16)10(24-34-4-3-29)12(30)21-11-13(31)27-6-18(15(32)33,7-36-14(11)27)9(1-2-28)37-17-22-25-26-23-17;/h5,9,11,14,28-29H,1-4,6-7H2,(H2,19,20)(H,21,30)(H,32,33)(H,22,23,25,26);1H/t9?,11?,14-,18?;/m1./s1. The van der Waals surface area contributed by atoms with E-state index in [0.29, 0.717) is 0 Å². The van der Waals surface area contributed by atoms with Crippen molar-refractivity contribution in [1.82, 2.24) is 35.8 Å². The molecule has 4 rings (SSSR count). The first kappa shape index (κ1) is 29.8. The maximum atomic E-state index is 13.0. The Balaban J connectivity index is 0.00000400. The fraction of sp³-hybridized carbons (Fsp3) is 0.556. The lowest BCUT2D eigenvalue weighted by molar-refractivity contribution is -0.158. The highest BCUT2D eigenvalue weighted by atomic mass is 35.5. The number of H-pyrrole nitrogens is 1. The number of aromatic nitrogens is 5. The van der Waals surface area contributed by atoms with Crippen LogP contribution in [0.3, 0.4) is 0 Å². The summed E-state index contributed by atoms with van der Waals surface area (Å²) in [5, 5.41) is 49.4. The van der Waals surface area contributed by atoms with Gasteiger partial charge in [-0.05, 0) is 11.6 Å². The molecule has 2 saturated heterocycles. The van der Waals surface area contributed by atoms with Crippen LogP contribution in [0.5, 0.6) is 0 Å². The number of β-lactam (4-membered cyclic amide) rings is 1. The van der Waals surface area contributed by atoms with Gasteiger partial charge in [0.05, 0.1) is 6.61 Å². The van der Waals surface area contributed by atoms with Crippen molar-refractivity contribution in [3.63, 3.8) is 0 Å². The van der Waals surface area contributed by atoms with Crippen LogP contribution in [0.2, 0.25) is 0 Å². The number of carboxylic acids is 1. The SMILES string of the molecule is Cl.Nc1nc(C(=NOCCO)C(=O)NC2C(=O)N3CC(C(=O)O)(C(CCO)Sc4nn[nH]n4)CS[C@H]23)cs1. The van der Waals surface area contributed by atoms with Crippen molar-refractivity contribution in [3.8, 4) is 0 Å². The number of thioether (sulfide) groups is 2. The number of hydrogen-bond donors (Lipinski definition) is 6. The zero-order chi connectivity index (χ0) is 26.6. The van der Waals surface area contributed by atoms with E-state index in [2.05, 4.69) is 36.1 Å². The molecule has 7 N–H and O–H groups in total. The van der Waals surface area contributed by atoms with Crippen LogP contribution < -0.4 is 11.1 Å². The van der Waals surface area contributed by atoms with E-state index in [1.807, 2.05) is 0 Å². The lowest BCUT2D eigenvalue weighted by Crippen LogP contribution is -2.75. The molecule has 0 saturated carbocycles. The number of aromatic amines is 1. The molecule has 0 radical (unpaired) electrons. The Morgan fingerprint density at radius 3 is 2.82 bits per heavy atom. The van der Waals surface area contributed by atoms with E-state index < -0.39 is 39.9 Å². The van der Waals surface area contributed by atoms with Gasteiger partial charge in [0, 0.05) is 29.5 Å². The zero-order valence-electron chi connectivity index (χ0n) is 19.4. The first-order chi connectivity index (χ1) is 17.8. The summed E-state index contributed by atoms with van der Waals surface area (Å²) in [7, 11) is 0. The van der Waals surface area contributed by atoms with Gasteiger partial charge in [0.1, 0.15) is 29.1 Å². The predicted octanol–water partition coefficient (Wildman–Crippen LogP) is -1.61. The molecule has 0 aliphatic carbocycles. The Labute approximate surface area is 233 Å². The molecule has 38 heavy (non-hydrogen) atoms. The fourth-order valence-electron chi connectivity index (χ4n) is 3.91. The Kier molecular flexibility index (Phi) is 10.1. The van der Waals surface area contributed by atoms with Crippen molar-refractivity contribution in [2.24, 2.45) is 10.6 Å². The number of anilines is 1. The number of nitrogens with one attached hydrogen (secondary N) is 2. The number of nitrogen functional groups attached to an aromatic ring is 1. The number of aliphatic hydroxyl groups excluding tert-OH is 2. The molecule has 2 aromatic rings. The predicted molar refractivity (Wildman–Crippen MR) is 139 cm³/mol. The van der Waals surface area contributed by atoms with Crippen molar-refractivity contribution in [2.45, 2.75) is 28.2 Å². The molecule has 3 unspecified atom stereocenters. The minimum atomic E-state index is -1.40. The monoisotopic (exact) mass is 609 g/mol. The molecule has 208 valence electrons. The van der Waals surface area contributed by atoms with Gasteiger partial charge in [0.15, 0.2) is 10.8 Å². The van der Waals surface area contributed by atoms with Crippen LogP contribution in [0.15, 0.2) is 15.7 Å². The second-order valence-corrected chi connectivity index (χ2v) is 11.1. The molecule has 2 amide bonds. The number of oxime groups is 1. The molecule has 2 aliphatic heterocycles. The molecule has 4 atom stereocenters. The van der Waals surface area contributed by atoms with Crippen LogP contribution in [-0.4, -0.2) is 118 Å². The van der Waals surface area contributed by atoms with E-state index in [0.717, 1.165) is 23.1 Å². The van der Waals surface area contributed by atoms with Gasteiger partial charge in [0.25, 0.3) is 5.91 Å². The molecule has 20 heteroatoms. The second kappa shape index (κ2) is 12.9. The molecule has 0 bridgehead atoms. The van der Waals surface area contributed by atoms with Crippen LogP contribution in [0.4, 0.5) is 5.13 Å². The first-order valence-corrected chi connectivity index (χ1v) is 13.6. The molecule has 0 aromatic carbocycles. The van der Waals surface area contributed by atoms with E-state index in [4.69, 9.17) is 15.7 Å². The topological polar surface area (TPSA) is 242 Å². The van der Waals surface area contributed by atoms with Crippen LogP contribution in [0, 0.1) is 5.41 Å². The third kappa shape index (κ3) is 5.96. The van der Waals surface area contributed by atoms with Gasteiger partial charge in [-0.3, -0.25) is 14.4 Å². The number of nitrogens with two attached hydrogens (primary N) is 1. The summed E-state index contributed by atoms with van der Waals surface area (Å²) in [5.41, 5.74) is 4.19. The van der Waals surface area contributed by atoms with Crippen LogP contribution in [0.1, 0.15) is 12.1 Å². The minimum absolute atomic E-state index is 0. The molecule has 0 spiro atoms. The van der Waals surface area contributed by atoms with Gasteiger partial charge in [-0.2, -0.15) is 5.21 Å². The number of hydrogen-bond acceptors (Lipinski definition) is 15. The number of carbonyl (C=O) groups is 3. The van der Waals surface area contributed by atoms with Crippen LogP contribution >= 0.6 is 47.3 Å². The van der Waals surface area contributed by atoms with Gasteiger partial charge < -0.3 is 36.1 Å². The van der Waals surface area contributed by atoms with Gasteiger partial charge in [0.2, 0.25) is 11.1 Å². The van der Waals surface area contributed by atoms with E-state index in [1.165, 1.54) is 22.0 Å². The Morgan fingerprint density at radius 1 is 1.42 bits per heavy atom. The number of amides is 2. The largest absolute Gasteiger partial charge is 0.481 e. The number of rotatable bonds is 12. The molecular formula is C18H24ClN9O7S3. The van der Waals surface area contributed by atoms with Gasteiger partial charge in [-0.1, -0.05) is 16.9 Å². The van der Waals surface area contributed by atoms with Crippen LogP contribution in [0.25, 0.3) is 0 Å². The van der Waals surface area contributed by atoms with Gasteiger partial charge >= 0.3 is 5.97 Å². The minimum Gasteiger partial charge on any atom is -0.481 e. The summed E-state index contributed by atoms with van der Waals surface area (Å²) >= 11 is 3.37. The average molecular weight is 610 g/mol. The Bertz CT molecular complexity index is 1170. The van der Waals surface area contributed by atoms with Crippen molar-refractivity contribution < 1.29 is 34.5 Å². The van der Waals surface area contributed by atoms with E-state index in [-0.39, 0.29) is 72.6 Å². The molecule has 16 nitrogen and oxygen atoms in total. The lowest BCUT2D eigenvalue weighted by atomic mass is 9.82. The number of aliphatic hydroxyl groups is 2. The van der Waals surface area contributed by atoms with Crippen molar-refractivity contribution in [1.29, 1.82) is 0 Å². The summed E-state index contributed by atoms with van der Waals surface area (Å²) in [4.78, 5) is 48.9. The number of aliphatic carboxylic acids is 1. The highest BCUT2D eigenvalue weighted by Gasteiger charge is 2.60. The maximum Gasteiger partial charge on any atom is 0.313 e. The third-order valence-corrected chi connectivity index (χ3v) is 9.30. The number of carboxylic acid groups (broad SMARTS) is 1. The number of halogens is 1. The summed E-state index contributed by atoms with van der Waals surface area (Å²) < 4.78 is 0. The summed E-state index contributed by atoms with van der Waals surface area (Å²) in [5.74, 6) is -2.20. The average Bonchev–Trinajstić information content (AvgIpc) is 3.56. The van der Waals surface area contributed by atoms with Crippen molar-refractivity contribution >= 4 is 75.9 Å². The highest BCUT2D eigenvalue weighted by molar-refractivity contribution is 8.01. The molecule has 4 heterocycles. The summed E-state index contributed by atoms with van der Waals surface area (Å²) in [6.07, 6.45) is 0.128. The smallest absolute Gasteiger partial charge is 0.313 e. The zero-order valence-corrected chi connectivity index (χ0v) is 22.7. The first-order valence-electron chi connectivity index (χ1n) is 10.8. The van der Waals surface area contributed by atoms with Crippen molar-refractivity contribution in [3.05, 3.63) is 11.1 Å². The third-order valence-electron chi connectivity index (χ3n) is 5.72. The van der Waals surface area contributed by atoms with E-state index >= 15 is 0 Å². The Morgan fingerprint density at radius 2 is 2.21 bits per heavy atom. The summed E-state index contributed by atoms with van der Waals surface area (Å²) in [6, 6.07) is -0.926. The number of thiazole rings is 1. The summed E-state index contributed by atoms with van der Waals surface area (Å²) in [6.45, 7) is -0.865. The number of tetrazole rings is 1. The van der Waals surface area contributed by atoms with Gasteiger partial charge in [-0.15, -0.1) is 45.7 Å². The van der Waals surface area contributed by atoms with Crippen molar-refractivity contribution in [2.75, 3.05) is 37.9 Å².